The van der Waals surface area contributed by atoms with E-state index < -0.39 is 0 Å². The van der Waals surface area contributed by atoms with E-state index in [1.807, 2.05) is 19.1 Å². The molecule has 0 unspecified atom stereocenters. The number of aryl methyl sites for hydroxylation is 2. The van der Waals surface area contributed by atoms with Crippen LogP contribution >= 0.6 is 0 Å². The summed E-state index contributed by atoms with van der Waals surface area (Å²) >= 11 is 0. The molecule has 0 aromatic carbocycles. The predicted molar refractivity (Wildman–Crippen MR) is 71.1 cm³/mol. The lowest BCUT2D eigenvalue weighted by atomic mass is 10.2. The molecule has 0 aliphatic carbocycles. The summed E-state index contributed by atoms with van der Waals surface area (Å²) < 4.78 is 16.6. The Bertz CT molecular complexity index is 564. The molecule has 2 aromatic rings. The first-order valence-electron chi connectivity index (χ1n) is 6.96. The van der Waals surface area contributed by atoms with Gasteiger partial charge in [0.05, 0.1) is 19.8 Å². The zero-order valence-electron chi connectivity index (χ0n) is 11.8. The fourth-order valence-electron chi connectivity index (χ4n) is 2.40. The highest BCUT2D eigenvalue weighted by Crippen LogP contribution is 2.25. The number of ether oxygens (including phenoxy) is 1. The maximum absolute atomic E-state index is 5.78. The van der Waals surface area contributed by atoms with Crippen molar-refractivity contribution >= 4 is 0 Å². The largest absolute Gasteiger partial charge is 0.465 e. The Morgan fingerprint density at radius 2 is 2.20 bits per heavy atom. The average molecular weight is 277 g/mol. The van der Waals surface area contributed by atoms with Crippen molar-refractivity contribution in [3.05, 3.63) is 35.4 Å². The minimum absolute atomic E-state index is 0.000117. The van der Waals surface area contributed by atoms with Crippen LogP contribution < -0.4 is 0 Å². The second-order valence-electron chi connectivity index (χ2n) is 4.96. The molecule has 2 aromatic heterocycles. The highest BCUT2D eigenvalue weighted by atomic mass is 16.5. The topological polar surface area (TPSA) is 64.5 Å². The Hall–Kier alpha value is -1.66. The Labute approximate surface area is 117 Å². The Morgan fingerprint density at radius 1 is 1.35 bits per heavy atom. The summed E-state index contributed by atoms with van der Waals surface area (Å²) in [5.41, 5.74) is 0. The summed E-state index contributed by atoms with van der Waals surface area (Å²) in [5, 5.41) is 3.86. The minimum atomic E-state index is 0.000117. The SMILES string of the molecule is CCc1ccc(CN2CCOC[C@H]2c2nc(C)no2)o1. The van der Waals surface area contributed by atoms with Gasteiger partial charge in [0.25, 0.3) is 0 Å². The lowest BCUT2D eigenvalue weighted by Crippen LogP contribution is -2.39. The van der Waals surface area contributed by atoms with Gasteiger partial charge < -0.3 is 13.7 Å². The molecule has 3 heterocycles. The molecular formula is C14H19N3O3. The molecule has 0 saturated carbocycles. The molecule has 3 rings (SSSR count). The van der Waals surface area contributed by atoms with Crippen LogP contribution in [-0.4, -0.2) is 34.8 Å². The lowest BCUT2D eigenvalue weighted by Gasteiger charge is -2.32. The average Bonchev–Trinajstić information content (AvgIpc) is 3.08. The van der Waals surface area contributed by atoms with Gasteiger partial charge in [-0.3, -0.25) is 4.90 Å². The summed E-state index contributed by atoms with van der Waals surface area (Å²) in [4.78, 5) is 6.58. The second-order valence-corrected chi connectivity index (χ2v) is 4.96. The normalized spacial score (nSPS) is 20.4. The maximum atomic E-state index is 5.78. The van der Waals surface area contributed by atoms with Crippen molar-refractivity contribution in [2.24, 2.45) is 0 Å². The summed E-state index contributed by atoms with van der Waals surface area (Å²) in [6.07, 6.45) is 0.912. The van der Waals surface area contributed by atoms with E-state index in [1.54, 1.807) is 0 Å². The molecule has 1 aliphatic rings. The molecule has 0 bridgehead atoms. The second kappa shape index (κ2) is 5.76. The standard InChI is InChI=1S/C14H19N3O3/c1-3-11-4-5-12(19-11)8-17-6-7-18-9-13(17)14-15-10(2)16-20-14/h4-5,13H,3,6-9H2,1-2H3/t13-/m0/s1. The fourth-order valence-corrected chi connectivity index (χ4v) is 2.40. The summed E-state index contributed by atoms with van der Waals surface area (Å²) in [5.74, 6) is 3.24. The van der Waals surface area contributed by atoms with E-state index >= 15 is 0 Å². The van der Waals surface area contributed by atoms with Gasteiger partial charge in [0.2, 0.25) is 5.89 Å². The third-order valence-corrected chi connectivity index (χ3v) is 3.49. The van der Waals surface area contributed by atoms with Gasteiger partial charge in [0, 0.05) is 13.0 Å². The molecule has 20 heavy (non-hydrogen) atoms. The first kappa shape index (κ1) is 13.3. The molecule has 1 saturated heterocycles. The highest BCUT2D eigenvalue weighted by molar-refractivity contribution is 5.08. The summed E-state index contributed by atoms with van der Waals surface area (Å²) in [6.45, 7) is 6.75. The summed E-state index contributed by atoms with van der Waals surface area (Å²) in [6, 6.07) is 4.06. The number of rotatable bonds is 4. The Balaban J connectivity index is 1.75. The number of morpholine rings is 1. The Kier molecular flexibility index (Phi) is 3.84. The van der Waals surface area contributed by atoms with Crippen LogP contribution in [0, 0.1) is 6.92 Å². The predicted octanol–water partition coefficient (Wildman–Crippen LogP) is 2.11. The third-order valence-electron chi connectivity index (χ3n) is 3.49. The van der Waals surface area contributed by atoms with E-state index in [9.17, 15) is 0 Å². The first-order valence-corrected chi connectivity index (χ1v) is 6.96. The van der Waals surface area contributed by atoms with Gasteiger partial charge in [0.1, 0.15) is 17.6 Å². The van der Waals surface area contributed by atoms with Crippen LogP contribution in [0.2, 0.25) is 0 Å². The van der Waals surface area contributed by atoms with Gasteiger partial charge in [-0.15, -0.1) is 0 Å². The van der Waals surface area contributed by atoms with Crippen LogP contribution in [0.25, 0.3) is 0 Å². The quantitative estimate of drug-likeness (QED) is 0.852. The number of furan rings is 1. The van der Waals surface area contributed by atoms with E-state index in [1.165, 1.54) is 0 Å². The van der Waals surface area contributed by atoms with Crippen molar-refractivity contribution < 1.29 is 13.7 Å². The van der Waals surface area contributed by atoms with Crippen LogP contribution in [0.4, 0.5) is 0 Å². The van der Waals surface area contributed by atoms with Crippen LogP contribution in [0.5, 0.6) is 0 Å². The Morgan fingerprint density at radius 3 is 2.90 bits per heavy atom. The van der Waals surface area contributed by atoms with Gasteiger partial charge in [-0.1, -0.05) is 12.1 Å². The van der Waals surface area contributed by atoms with Crippen molar-refractivity contribution in [1.29, 1.82) is 0 Å². The van der Waals surface area contributed by atoms with E-state index in [0.29, 0.717) is 24.9 Å². The molecule has 1 atom stereocenters. The van der Waals surface area contributed by atoms with Crippen molar-refractivity contribution in [3.63, 3.8) is 0 Å². The van der Waals surface area contributed by atoms with Gasteiger partial charge in [-0.2, -0.15) is 4.98 Å². The van der Waals surface area contributed by atoms with Gasteiger partial charge in [-0.05, 0) is 19.1 Å². The smallest absolute Gasteiger partial charge is 0.246 e. The first-order chi connectivity index (χ1) is 9.76. The zero-order chi connectivity index (χ0) is 13.9. The van der Waals surface area contributed by atoms with Crippen LogP contribution in [0.3, 0.4) is 0 Å². The lowest BCUT2D eigenvalue weighted by molar-refractivity contribution is -0.0267. The van der Waals surface area contributed by atoms with E-state index in [-0.39, 0.29) is 6.04 Å². The molecule has 1 fully saturated rings. The van der Waals surface area contributed by atoms with Gasteiger partial charge in [-0.25, -0.2) is 0 Å². The van der Waals surface area contributed by atoms with Crippen molar-refractivity contribution in [2.75, 3.05) is 19.8 Å². The van der Waals surface area contributed by atoms with Crippen molar-refractivity contribution in [1.82, 2.24) is 15.0 Å². The molecule has 0 spiro atoms. The van der Waals surface area contributed by atoms with E-state index in [0.717, 1.165) is 31.0 Å². The minimum Gasteiger partial charge on any atom is -0.465 e. The zero-order valence-corrected chi connectivity index (χ0v) is 11.8. The van der Waals surface area contributed by atoms with Crippen LogP contribution in [0.15, 0.2) is 21.1 Å². The van der Waals surface area contributed by atoms with Crippen molar-refractivity contribution in [3.8, 4) is 0 Å². The maximum Gasteiger partial charge on any atom is 0.246 e. The molecule has 6 heteroatoms. The van der Waals surface area contributed by atoms with Crippen LogP contribution in [-0.2, 0) is 17.7 Å². The van der Waals surface area contributed by atoms with E-state index in [4.69, 9.17) is 13.7 Å². The van der Waals surface area contributed by atoms with Gasteiger partial charge >= 0.3 is 0 Å². The van der Waals surface area contributed by atoms with E-state index in [2.05, 4.69) is 22.0 Å². The molecular weight excluding hydrogens is 258 g/mol. The molecule has 108 valence electrons. The fraction of sp³-hybridized carbons (Fsp3) is 0.571. The molecule has 1 aliphatic heterocycles. The van der Waals surface area contributed by atoms with Crippen LogP contribution in [0.1, 0.15) is 36.2 Å². The number of hydrogen-bond donors (Lipinski definition) is 0. The molecule has 0 radical (unpaired) electrons. The molecule has 0 N–H and O–H groups in total. The van der Waals surface area contributed by atoms with Crippen molar-refractivity contribution in [2.45, 2.75) is 32.9 Å². The molecule has 0 amide bonds. The monoisotopic (exact) mass is 277 g/mol. The number of hydrogen-bond acceptors (Lipinski definition) is 6. The highest BCUT2D eigenvalue weighted by Gasteiger charge is 2.29. The van der Waals surface area contributed by atoms with Gasteiger partial charge in [0.15, 0.2) is 5.82 Å². The number of aromatic nitrogens is 2. The number of nitrogens with zero attached hydrogens (tertiary/aromatic N) is 3. The third kappa shape index (κ3) is 2.76. The molecule has 6 nitrogen and oxygen atoms in total. The summed E-state index contributed by atoms with van der Waals surface area (Å²) in [7, 11) is 0.